The van der Waals surface area contributed by atoms with Crippen LogP contribution in [0.25, 0.3) is 6.08 Å². The summed E-state index contributed by atoms with van der Waals surface area (Å²) in [4.78, 5) is 14.7. The molecule has 1 atom stereocenters. The molecule has 4 nitrogen and oxygen atoms in total. The van der Waals surface area contributed by atoms with E-state index in [-0.39, 0.29) is 11.3 Å². The zero-order valence-electron chi connectivity index (χ0n) is 15.5. The van der Waals surface area contributed by atoms with Gasteiger partial charge in [-0.25, -0.2) is 0 Å². The Hall–Kier alpha value is -2.75. The lowest BCUT2D eigenvalue weighted by Crippen LogP contribution is -2.68. The number of para-hydroxylation sites is 2. The van der Waals surface area contributed by atoms with Gasteiger partial charge in [0.25, 0.3) is 0 Å². The fourth-order valence-corrected chi connectivity index (χ4v) is 4.33. The number of anilines is 1. The van der Waals surface area contributed by atoms with E-state index in [4.69, 9.17) is 4.74 Å². The molecule has 1 amide bonds. The molecule has 0 radical (unpaired) electrons. The molecule has 0 saturated carbocycles. The molecular formula is C22H24N2O2. The van der Waals surface area contributed by atoms with E-state index in [1.807, 2.05) is 24.3 Å². The van der Waals surface area contributed by atoms with E-state index < -0.39 is 5.66 Å². The van der Waals surface area contributed by atoms with Crippen LogP contribution in [0.5, 0.6) is 5.75 Å². The first-order valence-corrected chi connectivity index (χ1v) is 9.00. The average molecular weight is 348 g/mol. The summed E-state index contributed by atoms with van der Waals surface area (Å²) in [6.45, 7) is 5.11. The number of hydrogen-bond donors (Lipinski definition) is 1. The van der Waals surface area contributed by atoms with E-state index in [0.29, 0.717) is 13.0 Å². The quantitative estimate of drug-likeness (QED) is 0.919. The number of carbonyl (C=O) groups is 1. The molecule has 2 aliphatic heterocycles. The molecule has 0 spiro atoms. The Morgan fingerprint density at radius 2 is 1.85 bits per heavy atom. The molecule has 2 aromatic carbocycles. The highest BCUT2D eigenvalue weighted by atomic mass is 16.5. The van der Waals surface area contributed by atoms with Crippen molar-refractivity contribution in [1.82, 2.24) is 5.32 Å². The van der Waals surface area contributed by atoms with Crippen LogP contribution in [0.4, 0.5) is 5.69 Å². The highest BCUT2D eigenvalue weighted by Crippen LogP contribution is 2.52. The number of rotatable bonds is 3. The van der Waals surface area contributed by atoms with Gasteiger partial charge in [0.05, 0.1) is 7.11 Å². The SMILES string of the molecule is COc1ccccc1/C=C/[C@@]12NC(=O)CCN1c1ccccc1C2(C)C. The first-order valence-electron chi connectivity index (χ1n) is 9.00. The molecule has 0 bridgehead atoms. The van der Waals surface area contributed by atoms with Crippen LogP contribution in [0.2, 0.25) is 0 Å². The Morgan fingerprint density at radius 1 is 1.12 bits per heavy atom. The summed E-state index contributed by atoms with van der Waals surface area (Å²) in [5.41, 5.74) is 2.59. The summed E-state index contributed by atoms with van der Waals surface area (Å²) >= 11 is 0. The van der Waals surface area contributed by atoms with Crippen LogP contribution in [-0.2, 0) is 10.2 Å². The van der Waals surface area contributed by atoms with Crippen molar-refractivity contribution in [2.24, 2.45) is 0 Å². The van der Waals surface area contributed by atoms with Crippen molar-refractivity contribution in [3.63, 3.8) is 0 Å². The minimum atomic E-state index is -0.590. The van der Waals surface area contributed by atoms with Gasteiger partial charge in [-0.2, -0.15) is 0 Å². The predicted octanol–water partition coefficient (Wildman–Crippen LogP) is 3.72. The van der Waals surface area contributed by atoms with Gasteiger partial charge in [0.15, 0.2) is 0 Å². The molecule has 2 heterocycles. The Bertz CT molecular complexity index is 887. The van der Waals surface area contributed by atoms with E-state index in [9.17, 15) is 4.79 Å². The first-order chi connectivity index (χ1) is 12.5. The lowest BCUT2D eigenvalue weighted by atomic mass is 9.74. The van der Waals surface area contributed by atoms with Crippen LogP contribution in [0, 0.1) is 0 Å². The fraction of sp³-hybridized carbons (Fsp3) is 0.318. The summed E-state index contributed by atoms with van der Waals surface area (Å²) in [5.74, 6) is 0.911. The number of nitrogens with one attached hydrogen (secondary N) is 1. The van der Waals surface area contributed by atoms with Crippen molar-refractivity contribution in [2.75, 3.05) is 18.6 Å². The minimum absolute atomic E-state index is 0.0896. The van der Waals surface area contributed by atoms with Crippen molar-refractivity contribution in [1.29, 1.82) is 0 Å². The second-order valence-corrected chi connectivity index (χ2v) is 7.43. The summed E-state index contributed by atoms with van der Waals surface area (Å²) in [6, 6.07) is 16.4. The third-order valence-electron chi connectivity index (χ3n) is 5.78. The summed E-state index contributed by atoms with van der Waals surface area (Å²) in [5, 5.41) is 3.30. The number of amides is 1. The van der Waals surface area contributed by atoms with Crippen LogP contribution in [-0.4, -0.2) is 25.2 Å². The van der Waals surface area contributed by atoms with Crippen LogP contribution in [0.3, 0.4) is 0 Å². The van der Waals surface area contributed by atoms with Gasteiger partial charge in [-0.15, -0.1) is 0 Å². The maximum Gasteiger partial charge on any atom is 0.223 e. The summed E-state index contributed by atoms with van der Waals surface area (Å²) in [6.07, 6.45) is 4.70. The number of carbonyl (C=O) groups excluding carboxylic acids is 1. The molecule has 26 heavy (non-hydrogen) atoms. The maximum atomic E-state index is 12.4. The monoisotopic (exact) mass is 348 g/mol. The third kappa shape index (κ3) is 2.25. The molecule has 0 aliphatic carbocycles. The number of methoxy groups -OCH3 is 1. The summed E-state index contributed by atoms with van der Waals surface area (Å²) < 4.78 is 5.48. The van der Waals surface area contributed by atoms with Crippen LogP contribution < -0.4 is 15.0 Å². The number of ether oxygens (including phenoxy) is 1. The van der Waals surface area contributed by atoms with Crippen LogP contribution in [0.1, 0.15) is 31.4 Å². The van der Waals surface area contributed by atoms with Gasteiger partial charge in [0.2, 0.25) is 5.91 Å². The highest BCUT2D eigenvalue weighted by Gasteiger charge is 2.57. The normalized spacial score (nSPS) is 23.5. The second-order valence-electron chi connectivity index (χ2n) is 7.43. The lowest BCUT2D eigenvalue weighted by molar-refractivity contribution is -0.124. The smallest absolute Gasteiger partial charge is 0.223 e. The number of hydrogen-bond acceptors (Lipinski definition) is 3. The van der Waals surface area contributed by atoms with Crippen molar-refractivity contribution in [2.45, 2.75) is 31.3 Å². The van der Waals surface area contributed by atoms with Crippen molar-refractivity contribution in [3.05, 3.63) is 65.7 Å². The summed E-state index contributed by atoms with van der Waals surface area (Å²) in [7, 11) is 1.68. The molecule has 1 N–H and O–H groups in total. The third-order valence-corrected chi connectivity index (χ3v) is 5.78. The number of nitrogens with zero attached hydrogens (tertiary/aromatic N) is 1. The van der Waals surface area contributed by atoms with Gasteiger partial charge in [-0.05, 0) is 23.8 Å². The largest absolute Gasteiger partial charge is 0.496 e. The van der Waals surface area contributed by atoms with Gasteiger partial charge < -0.3 is 15.0 Å². The van der Waals surface area contributed by atoms with E-state index in [1.165, 1.54) is 11.3 Å². The maximum absolute atomic E-state index is 12.4. The minimum Gasteiger partial charge on any atom is -0.496 e. The molecule has 1 saturated heterocycles. The number of benzene rings is 2. The van der Waals surface area contributed by atoms with E-state index in [0.717, 1.165) is 11.3 Å². The topological polar surface area (TPSA) is 41.6 Å². The fourth-order valence-electron chi connectivity index (χ4n) is 4.33. The standard InChI is InChI=1S/C22H24N2O2/c1-21(2)17-9-5-6-10-18(17)24-15-13-20(25)23-22(21,24)14-12-16-8-4-7-11-19(16)26-3/h4-12,14H,13,15H2,1-3H3,(H,23,25)/b14-12+/t22-/m1/s1. The van der Waals surface area contributed by atoms with Crippen molar-refractivity contribution >= 4 is 17.7 Å². The molecule has 2 aromatic rings. The van der Waals surface area contributed by atoms with Gasteiger partial charge in [0.1, 0.15) is 11.4 Å². The van der Waals surface area contributed by atoms with Gasteiger partial charge in [0, 0.05) is 29.6 Å². The molecule has 4 rings (SSSR count). The molecule has 0 unspecified atom stereocenters. The molecule has 0 aromatic heterocycles. The van der Waals surface area contributed by atoms with Crippen LogP contribution in [0.15, 0.2) is 54.6 Å². The Labute approximate surface area is 154 Å². The van der Waals surface area contributed by atoms with E-state index in [2.05, 4.69) is 60.5 Å². The average Bonchev–Trinajstić information content (AvgIpc) is 2.85. The molecular weight excluding hydrogens is 324 g/mol. The predicted molar refractivity (Wildman–Crippen MR) is 104 cm³/mol. The van der Waals surface area contributed by atoms with E-state index >= 15 is 0 Å². The zero-order valence-corrected chi connectivity index (χ0v) is 15.5. The zero-order chi connectivity index (χ0) is 18.4. The van der Waals surface area contributed by atoms with Gasteiger partial charge >= 0.3 is 0 Å². The Balaban J connectivity index is 1.85. The van der Waals surface area contributed by atoms with Crippen LogP contribution >= 0.6 is 0 Å². The lowest BCUT2D eigenvalue weighted by Gasteiger charge is -2.49. The second kappa shape index (κ2) is 5.90. The Kier molecular flexibility index (Phi) is 3.79. The van der Waals surface area contributed by atoms with Crippen molar-refractivity contribution in [3.8, 4) is 5.75 Å². The van der Waals surface area contributed by atoms with Gasteiger partial charge in [-0.3, -0.25) is 4.79 Å². The molecule has 2 aliphatic rings. The van der Waals surface area contributed by atoms with Gasteiger partial charge in [-0.1, -0.05) is 56.3 Å². The first kappa shape index (κ1) is 16.7. The Morgan fingerprint density at radius 3 is 2.65 bits per heavy atom. The molecule has 1 fully saturated rings. The van der Waals surface area contributed by atoms with E-state index in [1.54, 1.807) is 7.11 Å². The molecule has 4 heteroatoms. The highest BCUT2D eigenvalue weighted by molar-refractivity contribution is 5.84. The number of fused-ring (bicyclic) bond motifs is 3. The van der Waals surface area contributed by atoms with Crippen molar-refractivity contribution < 1.29 is 9.53 Å². The molecule has 134 valence electrons.